The van der Waals surface area contributed by atoms with E-state index in [9.17, 15) is 9.18 Å². The smallest absolute Gasteiger partial charge is 0.202 e. The summed E-state index contributed by atoms with van der Waals surface area (Å²) in [5.41, 5.74) is 0.471. The van der Waals surface area contributed by atoms with Crippen LogP contribution in [0.25, 0.3) is 6.08 Å². The minimum atomic E-state index is -0.309. The number of hydrogen-bond acceptors (Lipinski definition) is 1. The van der Waals surface area contributed by atoms with Gasteiger partial charge in [0.2, 0.25) is 6.29 Å². The van der Waals surface area contributed by atoms with Crippen LogP contribution in [0.5, 0.6) is 0 Å². The zero-order valence-electron chi connectivity index (χ0n) is 6.76. The van der Waals surface area contributed by atoms with E-state index in [2.05, 4.69) is 15.9 Å². The third-order valence-electron chi connectivity index (χ3n) is 1.46. The predicted octanol–water partition coefficient (Wildman–Crippen LogP) is 3.10. The quantitative estimate of drug-likeness (QED) is 0.795. The monoisotopic (exact) mass is 241 g/mol. The molecule has 1 nitrogen and oxygen atoms in total. The van der Waals surface area contributed by atoms with Crippen molar-refractivity contribution in [2.75, 3.05) is 0 Å². The lowest BCUT2D eigenvalue weighted by molar-refractivity contribution is 0.556. The first-order chi connectivity index (χ1) is 6.24. The lowest BCUT2D eigenvalue weighted by atomic mass is 10.2. The summed E-state index contributed by atoms with van der Waals surface area (Å²) in [6, 6.07) is 4.76. The van der Waals surface area contributed by atoms with Gasteiger partial charge in [-0.15, -0.1) is 0 Å². The Morgan fingerprint density at radius 3 is 2.92 bits per heavy atom. The van der Waals surface area contributed by atoms with Gasteiger partial charge in [-0.05, 0) is 12.1 Å². The Morgan fingerprint density at radius 1 is 1.54 bits per heavy atom. The van der Waals surface area contributed by atoms with Crippen molar-refractivity contribution in [2.45, 2.75) is 6.42 Å². The summed E-state index contributed by atoms with van der Waals surface area (Å²) in [6.45, 7) is 0. The summed E-state index contributed by atoms with van der Waals surface area (Å²) in [5, 5.41) is 0. The highest BCUT2D eigenvalue weighted by Gasteiger charge is 1.97. The molecule has 1 radical (unpaired) electrons. The molecule has 0 aliphatic heterocycles. The molecule has 0 fully saturated rings. The molecule has 0 bridgehead atoms. The topological polar surface area (TPSA) is 17.1 Å². The third-order valence-corrected chi connectivity index (χ3v) is 1.95. The number of carbonyl (C=O) groups excluding carboxylic acids is 1. The Hall–Kier alpha value is -0.960. The number of halogens is 2. The molecule has 3 heteroatoms. The predicted molar refractivity (Wildman–Crippen MR) is 53.4 cm³/mol. The van der Waals surface area contributed by atoms with Crippen LogP contribution in [0.15, 0.2) is 28.7 Å². The molecule has 0 unspecified atom stereocenters. The van der Waals surface area contributed by atoms with Crippen molar-refractivity contribution in [3.05, 3.63) is 40.1 Å². The van der Waals surface area contributed by atoms with E-state index in [1.54, 1.807) is 30.6 Å². The van der Waals surface area contributed by atoms with Gasteiger partial charge < -0.3 is 0 Å². The van der Waals surface area contributed by atoms with Gasteiger partial charge in [0, 0.05) is 16.5 Å². The van der Waals surface area contributed by atoms with E-state index in [4.69, 9.17) is 0 Å². The Bertz CT molecular complexity index is 334. The van der Waals surface area contributed by atoms with E-state index in [1.807, 2.05) is 0 Å². The molecule has 1 aromatic carbocycles. The van der Waals surface area contributed by atoms with E-state index in [1.165, 1.54) is 6.07 Å². The van der Waals surface area contributed by atoms with Crippen molar-refractivity contribution < 1.29 is 9.18 Å². The maximum absolute atomic E-state index is 13.1. The molecule has 0 amide bonds. The number of rotatable bonds is 3. The summed E-state index contributed by atoms with van der Waals surface area (Å²) in [4.78, 5) is 9.86. The molecule has 13 heavy (non-hydrogen) atoms. The molecule has 0 aliphatic carbocycles. The molecule has 0 N–H and O–H groups in total. The maximum Gasteiger partial charge on any atom is 0.202 e. The molecule has 1 aromatic rings. The number of allylic oxidation sites excluding steroid dienone is 1. The summed E-state index contributed by atoms with van der Waals surface area (Å²) >= 11 is 3.15. The second kappa shape index (κ2) is 4.92. The van der Waals surface area contributed by atoms with E-state index in [0.717, 1.165) is 0 Å². The molecule has 1 rings (SSSR count). The molecule has 0 saturated carbocycles. The van der Waals surface area contributed by atoms with Crippen LogP contribution in [-0.2, 0) is 4.79 Å². The fourth-order valence-corrected chi connectivity index (χ4v) is 1.20. The second-order valence-corrected chi connectivity index (χ2v) is 3.33. The molecular formula is C10H7BrFO. The Labute approximate surface area is 84.4 Å². The highest BCUT2D eigenvalue weighted by molar-refractivity contribution is 9.10. The van der Waals surface area contributed by atoms with Crippen molar-refractivity contribution in [2.24, 2.45) is 0 Å². The molecule has 0 aromatic heterocycles. The molecule has 67 valence electrons. The first-order valence-corrected chi connectivity index (χ1v) is 4.50. The zero-order chi connectivity index (χ0) is 9.68. The van der Waals surface area contributed by atoms with Gasteiger partial charge in [-0.2, -0.15) is 0 Å². The zero-order valence-corrected chi connectivity index (χ0v) is 8.34. The number of benzene rings is 1. The van der Waals surface area contributed by atoms with Gasteiger partial charge in [-0.1, -0.05) is 34.1 Å². The van der Waals surface area contributed by atoms with E-state index >= 15 is 0 Å². The van der Waals surface area contributed by atoms with Gasteiger partial charge in [-0.25, -0.2) is 4.39 Å². The number of hydrogen-bond donors (Lipinski definition) is 0. The largest absolute Gasteiger partial charge is 0.291 e. The van der Waals surface area contributed by atoms with Gasteiger partial charge in [0.05, 0.1) is 0 Å². The lowest BCUT2D eigenvalue weighted by Crippen LogP contribution is -1.81. The fourth-order valence-electron chi connectivity index (χ4n) is 0.871. The minimum Gasteiger partial charge on any atom is -0.291 e. The van der Waals surface area contributed by atoms with Crippen LogP contribution < -0.4 is 0 Å². The van der Waals surface area contributed by atoms with E-state index < -0.39 is 0 Å². The first-order valence-electron chi connectivity index (χ1n) is 3.70. The summed E-state index contributed by atoms with van der Waals surface area (Å²) < 4.78 is 13.8. The Balaban J connectivity index is 2.83. The van der Waals surface area contributed by atoms with Crippen LogP contribution in [0.1, 0.15) is 12.0 Å². The average Bonchev–Trinajstić information content (AvgIpc) is 2.09. The van der Waals surface area contributed by atoms with Crippen LogP contribution in [0, 0.1) is 5.82 Å². The van der Waals surface area contributed by atoms with Crippen LogP contribution in [0.4, 0.5) is 4.39 Å². The fraction of sp³-hybridized carbons (Fsp3) is 0.100. The molecule has 0 aliphatic rings. The van der Waals surface area contributed by atoms with Gasteiger partial charge in [0.25, 0.3) is 0 Å². The molecule has 0 atom stereocenters. The van der Waals surface area contributed by atoms with Crippen molar-refractivity contribution in [3.8, 4) is 0 Å². The van der Waals surface area contributed by atoms with E-state index in [0.29, 0.717) is 10.0 Å². The Kier molecular flexibility index (Phi) is 3.83. The normalized spacial score (nSPS) is 10.6. The molecular weight excluding hydrogens is 235 g/mol. The van der Waals surface area contributed by atoms with Crippen molar-refractivity contribution in [1.29, 1.82) is 0 Å². The molecule has 0 saturated heterocycles. The SMILES string of the molecule is O=[C]CC=Cc1ccc(Br)cc1F. The van der Waals surface area contributed by atoms with Gasteiger partial charge in [0.1, 0.15) is 5.82 Å². The van der Waals surface area contributed by atoms with Crippen molar-refractivity contribution >= 4 is 28.3 Å². The summed E-state index contributed by atoms with van der Waals surface area (Å²) in [6.07, 6.45) is 5.02. The summed E-state index contributed by atoms with van der Waals surface area (Å²) in [7, 11) is 0. The first kappa shape index (κ1) is 10.1. The van der Waals surface area contributed by atoms with Crippen molar-refractivity contribution in [3.63, 3.8) is 0 Å². The Morgan fingerprint density at radius 2 is 2.31 bits per heavy atom. The second-order valence-electron chi connectivity index (χ2n) is 2.42. The summed E-state index contributed by atoms with van der Waals surface area (Å²) in [5.74, 6) is -0.309. The lowest BCUT2D eigenvalue weighted by Gasteiger charge is -1.96. The third kappa shape index (κ3) is 3.11. The standard InChI is InChI=1S/C10H7BrFO/c11-9-5-4-8(10(12)7-9)3-1-2-6-13/h1,3-5,7H,2H2. The van der Waals surface area contributed by atoms with Crippen LogP contribution in [0.3, 0.4) is 0 Å². The maximum atomic E-state index is 13.1. The van der Waals surface area contributed by atoms with Crippen LogP contribution in [0.2, 0.25) is 0 Å². The minimum absolute atomic E-state index is 0.190. The van der Waals surface area contributed by atoms with Gasteiger partial charge >= 0.3 is 0 Å². The van der Waals surface area contributed by atoms with E-state index in [-0.39, 0.29) is 12.2 Å². The van der Waals surface area contributed by atoms with Crippen LogP contribution in [-0.4, -0.2) is 6.29 Å². The average molecular weight is 242 g/mol. The van der Waals surface area contributed by atoms with Gasteiger partial charge in [-0.3, -0.25) is 4.79 Å². The van der Waals surface area contributed by atoms with Gasteiger partial charge in [0.15, 0.2) is 0 Å². The van der Waals surface area contributed by atoms with Crippen molar-refractivity contribution in [1.82, 2.24) is 0 Å². The van der Waals surface area contributed by atoms with Crippen LogP contribution >= 0.6 is 15.9 Å². The highest BCUT2D eigenvalue weighted by Crippen LogP contribution is 2.16. The molecule has 0 heterocycles. The molecule has 0 spiro atoms. The highest BCUT2D eigenvalue weighted by atomic mass is 79.9.